The molecular weight excluding hydrogens is 306 g/mol. The van der Waals surface area contributed by atoms with Crippen LogP contribution in [0.2, 0.25) is 0 Å². The molecule has 1 unspecified atom stereocenters. The number of nitrogens with zero attached hydrogens (tertiary/aromatic N) is 1. The first-order chi connectivity index (χ1) is 8.89. The third kappa shape index (κ3) is 3.57. The molecule has 1 saturated heterocycles. The molecular formula is C15H20BrNO2. The Bertz CT molecular complexity index is 485. The van der Waals surface area contributed by atoms with E-state index < -0.39 is 5.60 Å². The van der Waals surface area contributed by atoms with Crippen molar-refractivity contribution in [2.75, 3.05) is 13.1 Å². The van der Waals surface area contributed by atoms with Gasteiger partial charge in [0.15, 0.2) is 0 Å². The van der Waals surface area contributed by atoms with Gasteiger partial charge in [0.2, 0.25) is 0 Å². The predicted molar refractivity (Wildman–Crippen MR) is 79.3 cm³/mol. The van der Waals surface area contributed by atoms with Crippen LogP contribution in [0.1, 0.15) is 42.1 Å². The van der Waals surface area contributed by atoms with Gasteiger partial charge in [-0.15, -0.1) is 0 Å². The number of likely N-dealkylation sites (tertiary alicyclic amines) is 1. The van der Waals surface area contributed by atoms with Crippen LogP contribution in [-0.4, -0.2) is 34.6 Å². The summed E-state index contributed by atoms with van der Waals surface area (Å²) in [5.41, 5.74) is 1.10. The summed E-state index contributed by atoms with van der Waals surface area (Å²) in [6, 6.07) is 5.72. The normalized spacial score (nSPS) is 24.1. The number of amides is 1. The minimum absolute atomic E-state index is 0.0719. The molecule has 19 heavy (non-hydrogen) atoms. The number of carbonyl (C=O) groups is 1. The van der Waals surface area contributed by atoms with Gasteiger partial charge in [-0.05, 0) is 56.9 Å². The van der Waals surface area contributed by atoms with E-state index in [2.05, 4.69) is 15.9 Å². The fraction of sp³-hybridized carbons (Fsp3) is 0.533. The van der Waals surface area contributed by atoms with Crippen LogP contribution in [0.4, 0.5) is 0 Å². The van der Waals surface area contributed by atoms with Crippen LogP contribution in [0.3, 0.4) is 0 Å². The molecule has 1 N–H and O–H groups in total. The molecule has 0 spiro atoms. The number of aliphatic hydroxyl groups is 1. The summed E-state index contributed by atoms with van der Waals surface area (Å²) >= 11 is 3.41. The van der Waals surface area contributed by atoms with Gasteiger partial charge in [-0.3, -0.25) is 4.79 Å². The zero-order valence-electron chi connectivity index (χ0n) is 11.4. The van der Waals surface area contributed by atoms with Crippen LogP contribution in [0.15, 0.2) is 22.7 Å². The van der Waals surface area contributed by atoms with Crippen LogP contribution >= 0.6 is 15.9 Å². The molecule has 0 aliphatic carbocycles. The molecule has 1 heterocycles. The van der Waals surface area contributed by atoms with E-state index in [1.165, 1.54) is 0 Å². The third-order valence-corrected chi connectivity index (χ3v) is 4.26. The van der Waals surface area contributed by atoms with Crippen molar-refractivity contribution in [3.8, 4) is 0 Å². The van der Waals surface area contributed by atoms with E-state index in [0.29, 0.717) is 13.0 Å². The molecule has 4 heteroatoms. The van der Waals surface area contributed by atoms with Crippen molar-refractivity contribution in [1.82, 2.24) is 4.90 Å². The van der Waals surface area contributed by atoms with E-state index in [4.69, 9.17) is 0 Å². The molecule has 1 aromatic rings. The van der Waals surface area contributed by atoms with Gasteiger partial charge in [-0.25, -0.2) is 0 Å². The van der Waals surface area contributed by atoms with Crippen LogP contribution in [-0.2, 0) is 0 Å². The zero-order chi connectivity index (χ0) is 14.0. The number of carbonyl (C=O) groups excluding carboxylic acids is 1. The topological polar surface area (TPSA) is 40.5 Å². The average molecular weight is 326 g/mol. The van der Waals surface area contributed by atoms with E-state index in [1.807, 2.05) is 36.9 Å². The second kappa shape index (κ2) is 5.63. The molecule has 0 bridgehead atoms. The molecule has 104 valence electrons. The maximum atomic E-state index is 12.5. The van der Waals surface area contributed by atoms with Gasteiger partial charge in [0.1, 0.15) is 0 Å². The van der Waals surface area contributed by atoms with Gasteiger partial charge >= 0.3 is 0 Å². The number of hydrogen-bond acceptors (Lipinski definition) is 2. The standard InChI is InChI=1S/C15H20BrNO2/c1-11-10-12(16)4-5-13(11)14(18)17-8-3-6-15(2,19)7-9-17/h4-5,10,19H,3,6-9H2,1-2H3. The van der Waals surface area contributed by atoms with Gasteiger partial charge in [0.05, 0.1) is 5.60 Å². The summed E-state index contributed by atoms with van der Waals surface area (Å²) < 4.78 is 0.986. The van der Waals surface area contributed by atoms with Crippen LogP contribution in [0.25, 0.3) is 0 Å². The lowest BCUT2D eigenvalue weighted by molar-refractivity contribution is 0.0438. The molecule has 0 saturated carbocycles. The second-order valence-electron chi connectivity index (χ2n) is 5.60. The number of aryl methyl sites for hydroxylation is 1. The molecule has 3 nitrogen and oxygen atoms in total. The molecule has 1 aliphatic heterocycles. The zero-order valence-corrected chi connectivity index (χ0v) is 13.0. The summed E-state index contributed by atoms with van der Waals surface area (Å²) in [7, 11) is 0. The average Bonchev–Trinajstić information content (AvgIpc) is 2.49. The van der Waals surface area contributed by atoms with E-state index in [0.717, 1.165) is 35.0 Å². The quantitative estimate of drug-likeness (QED) is 0.861. The molecule has 1 atom stereocenters. The van der Waals surface area contributed by atoms with E-state index >= 15 is 0 Å². The lowest BCUT2D eigenvalue weighted by Gasteiger charge is -2.23. The first kappa shape index (κ1) is 14.5. The fourth-order valence-corrected chi connectivity index (χ4v) is 2.98. The predicted octanol–water partition coefficient (Wildman–Crippen LogP) is 3.13. The fourth-order valence-electron chi connectivity index (χ4n) is 2.50. The molecule has 0 radical (unpaired) electrons. The Kier molecular flexibility index (Phi) is 4.31. The largest absolute Gasteiger partial charge is 0.390 e. The molecule has 0 aromatic heterocycles. The summed E-state index contributed by atoms with van der Waals surface area (Å²) in [5.74, 6) is 0.0719. The Morgan fingerprint density at radius 3 is 2.79 bits per heavy atom. The van der Waals surface area contributed by atoms with Crippen LogP contribution in [0.5, 0.6) is 0 Å². The number of benzene rings is 1. The molecule has 1 fully saturated rings. The Labute approximate surface area is 122 Å². The summed E-state index contributed by atoms with van der Waals surface area (Å²) in [5, 5.41) is 10.1. The van der Waals surface area contributed by atoms with Crippen LogP contribution in [0, 0.1) is 6.92 Å². The van der Waals surface area contributed by atoms with E-state index in [1.54, 1.807) is 0 Å². The summed E-state index contributed by atoms with van der Waals surface area (Å²) in [6.07, 6.45) is 2.26. The molecule has 2 rings (SSSR count). The van der Waals surface area contributed by atoms with Crippen molar-refractivity contribution < 1.29 is 9.90 Å². The Morgan fingerprint density at radius 2 is 2.11 bits per heavy atom. The number of hydrogen-bond donors (Lipinski definition) is 1. The van der Waals surface area contributed by atoms with E-state index in [-0.39, 0.29) is 5.91 Å². The van der Waals surface area contributed by atoms with Gasteiger partial charge in [-0.2, -0.15) is 0 Å². The van der Waals surface area contributed by atoms with Crippen molar-refractivity contribution in [2.45, 2.75) is 38.7 Å². The van der Waals surface area contributed by atoms with Crippen molar-refractivity contribution in [3.05, 3.63) is 33.8 Å². The minimum Gasteiger partial charge on any atom is -0.390 e. The van der Waals surface area contributed by atoms with Gasteiger partial charge in [0, 0.05) is 23.1 Å². The first-order valence-electron chi connectivity index (χ1n) is 6.67. The summed E-state index contributed by atoms with van der Waals surface area (Å²) in [6.45, 7) is 5.16. The number of halogens is 1. The molecule has 1 aliphatic rings. The Hall–Kier alpha value is -0.870. The van der Waals surface area contributed by atoms with Gasteiger partial charge < -0.3 is 10.0 Å². The number of rotatable bonds is 1. The maximum absolute atomic E-state index is 12.5. The van der Waals surface area contributed by atoms with Crippen molar-refractivity contribution in [3.63, 3.8) is 0 Å². The van der Waals surface area contributed by atoms with Crippen molar-refractivity contribution in [1.29, 1.82) is 0 Å². The first-order valence-corrected chi connectivity index (χ1v) is 7.46. The Morgan fingerprint density at radius 1 is 1.37 bits per heavy atom. The molecule has 1 amide bonds. The van der Waals surface area contributed by atoms with E-state index in [9.17, 15) is 9.90 Å². The lowest BCUT2D eigenvalue weighted by Crippen LogP contribution is -2.33. The highest BCUT2D eigenvalue weighted by Crippen LogP contribution is 2.24. The summed E-state index contributed by atoms with van der Waals surface area (Å²) in [4.78, 5) is 14.4. The monoisotopic (exact) mass is 325 g/mol. The molecule has 1 aromatic carbocycles. The van der Waals surface area contributed by atoms with Gasteiger partial charge in [0.25, 0.3) is 5.91 Å². The third-order valence-electron chi connectivity index (χ3n) is 3.77. The Balaban J connectivity index is 2.15. The minimum atomic E-state index is -0.635. The van der Waals surface area contributed by atoms with Crippen molar-refractivity contribution >= 4 is 21.8 Å². The lowest BCUT2D eigenvalue weighted by atomic mass is 9.98. The maximum Gasteiger partial charge on any atom is 0.254 e. The highest BCUT2D eigenvalue weighted by atomic mass is 79.9. The van der Waals surface area contributed by atoms with Gasteiger partial charge in [-0.1, -0.05) is 15.9 Å². The smallest absolute Gasteiger partial charge is 0.254 e. The van der Waals surface area contributed by atoms with Crippen molar-refractivity contribution in [2.24, 2.45) is 0 Å². The SMILES string of the molecule is Cc1cc(Br)ccc1C(=O)N1CCCC(C)(O)CC1. The second-order valence-corrected chi connectivity index (χ2v) is 6.52. The van der Waals surface area contributed by atoms with Crippen LogP contribution < -0.4 is 0 Å². The highest BCUT2D eigenvalue weighted by molar-refractivity contribution is 9.10. The highest BCUT2D eigenvalue weighted by Gasteiger charge is 2.27.